The third-order valence-electron chi connectivity index (χ3n) is 4.83. The van der Waals surface area contributed by atoms with Gasteiger partial charge in [-0.3, -0.25) is 9.59 Å². The molecule has 0 saturated heterocycles. The average Bonchev–Trinajstić information content (AvgIpc) is 3.14. The molecule has 0 spiro atoms. The Morgan fingerprint density at radius 1 is 1.10 bits per heavy atom. The molecule has 0 bridgehead atoms. The minimum Gasteiger partial charge on any atom is -0.480 e. The van der Waals surface area contributed by atoms with Crippen LogP contribution in [-0.2, 0) is 20.8 Å². The fourth-order valence-corrected chi connectivity index (χ4v) is 3.28. The van der Waals surface area contributed by atoms with E-state index in [1.165, 1.54) is 0 Å². The molecule has 30 heavy (non-hydrogen) atoms. The molecule has 1 aromatic carbocycles. The molecule has 2 rings (SSSR count). The molecule has 2 aromatic rings. The van der Waals surface area contributed by atoms with E-state index in [1.54, 1.807) is 6.20 Å². The highest BCUT2D eigenvalue weighted by Gasteiger charge is 2.28. The van der Waals surface area contributed by atoms with E-state index in [1.807, 2.05) is 24.3 Å². The summed E-state index contributed by atoms with van der Waals surface area (Å²) < 4.78 is 0. The van der Waals surface area contributed by atoms with Gasteiger partial charge in [-0.25, -0.2) is 4.79 Å². The van der Waals surface area contributed by atoms with Crippen molar-refractivity contribution in [2.45, 2.75) is 43.8 Å². The van der Waals surface area contributed by atoms with Crippen molar-refractivity contribution in [2.24, 2.45) is 11.5 Å². The van der Waals surface area contributed by atoms with Crippen LogP contribution in [0.5, 0.6) is 0 Å². The van der Waals surface area contributed by atoms with E-state index in [0.717, 1.165) is 16.5 Å². The van der Waals surface area contributed by atoms with Crippen LogP contribution in [0, 0.1) is 0 Å². The van der Waals surface area contributed by atoms with Crippen LogP contribution in [0.25, 0.3) is 10.9 Å². The lowest BCUT2D eigenvalue weighted by molar-refractivity contribution is -0.142. The molecule has 8 N–H and O–H groups in total. The van der Waals surface area contributed by atoms with Gasteiger partial charge in [0.1, 0.15) is 12.1 Å². The minimum absolute atomic E-state index is 0.115. The Bertz CT molecular complexity index is 872. The number of hydrogen-bond acceptors (Lipinski definition) is 6. The summed E-state index contributed by atoms with van der Waals surface area (Å²) in [6.07, 6.45) is 3.42. The number of nitrogens with two attached hydrogens (primary N) is 2. The number of aliphatic carboxylic acids is 1. The number of para-hydroxylation sites is 1. The predicted octanol–water partition coefficient (Wildman–Crippen LogP) is 0.151. The lowest BCUT2D eigenvalue weighted by atomic mass is 10.0. The zero-order valence-corrected chi connectivity index (χ0v) is 17.5. The number of amides is 2. The molecule has 9 nitrogen and oxygen atoms in total. The number of H-pyrrole nitrogens is 1. The molecule has 0 aliphatic heterocycles. The van der Waals surface area contributed by atoms with Crippen LogP contribution in [0.2, 0.25) is 0 Å². The number of nitrogens with one attached hydrogen (secondary N) is 3. The Labute approximate surface area is 180 Å². The molecule has 164 valence electrons. The second kappa shape index (κ2) is 11.6. The van der Waals surface area contributed by atoms with Crippen LogP contribution in [0.3, 0.4) is 0 Å². The van der Waals surface area contributed by atoms with Crippen molar-refractivity contribution in [3.63, 3.8) is 0 Å². The fraction of sp³-hybridized carbons (Fsp3) is 0.450. The number of unbranched alkanes of at least 4 members (excludes halogenated alkanes) is 1. The molecule has 1 heterocycles. The number of carboxylic acids is 1. The number of thiol groups is 1. The van der Waals surface area contributed by atoms with E-state index in [4.69, 9.17) is 11.5 Å². The smallest absolute Gasteiger partial charge is 0.326 e. The van der Waals surface area contributed by atoms with Crippen LogP contribution in [0.15, 0.2) is 30.5 Å². The lowest BCUT2D eigenvalue weighted by Gasteiger charge is -2.22. The Morgan fingerprint density at radius 2 is 1.80 bits per heavy atom. The summed E-state index contributed by atoms with van der Waals surface area (Å²) in [7, 11) is 0. The highest BCUT2D eigenvalue weighted by atomic mass is 32.1. The van der Waals surface area contributed by atoms with Gasteiger partial charge in [0, 0.05) is 29.3 Å². The molecule has 0 unspecified atom stereocenters. The third-order valence-corrected chi connectivity index (χ3v) is 5.22. The van der Waals surface area contributed by atoms with Crippen molar-refractivity contribution in [3.8, 4) is 0 Å². The summed E-state index contributed by atoms with van der Waals surface area (Å²) in [5.74, 6) is -2.13. The summed E-state index contributed by atoms with van der Waals surface area (Å²) in [6.45, 7) is 0.446. The number of rotatable bonds is 12. The number of carboxylic acid groups (broad SMARTS) is 1. The van der Waals surface area contributed by atoms with Crippen LogP contribution in [-0.4, -0.2) is 58.3 Å². The predicted molar refractivity (Wildman–Crippen MR) is 118 cm³/mol. The first-order valence-corrected chi connectivity index (χ1v) is 10.5. The topological polar surface area (TPSA) is 163 Å². The van der Waals surface area contributed by atoms with Gasteiger partial charge in [-0.1, -0.05) is 18.2 Å². The number of benzene rings is 1. The van der Waals surface area contributed by atoms with Crippen LogP contribution >= 0.6 is 12.6 Å². The largest absolute Gasteiger partial charge is 0.480 e. The van der Waals surface area contributed by atoms with Crippen LogP contribution < -0.4 is 22.1 Å². The van der Waals surface area contributed by atoms with E-state index in [2.05, 4.69) is 28.2 Å². The molecule has 1 aromatic heterocycles. The van der Waals surface area contributed by atoms with Crippen LogP contribution in [0.1, 0.15) is 24.8 Å². The minimum atomic E-state index is -1.13. The summed E-state index contributed by atoms with van der Waals surface area (Å²) in [5, 5.41) is 15.5. The number of carbonyl (C=O) groups is 3. The van der Waals surface area contributed by atoms with Crippen molar-refractivity contribution in [2.75, 3.05) is 12.3 Å². The zero-order valence-electron chi connectivity index (χ0n) is 16.6. The molecule has 0 fully saturated rings. The summed E-state index contributed by atoms with van der Waals surface area (Å²) in [6, 6.07) is 4.64. The second-order valence-corrected chi connectivity index (χ2v) is 7.46. The summed E-state index contributed by atoms with van der Waals surface area (Å²) in [4.78, 5) is 39.9. The first kappa shape index (κ1) is 23.7. The Morgan fingerprint density at radius 3 is 2.47 bits per heavy atom. The van der Waals surface area contributed by atoms with Gasteiger partial charge in [-0.15, -0.1) is 0 Å². The molecule has 0 aliphatic carbocycles. The third kappa shape index (κ3) is 6.48. The van der Waals surface area contributed by atoms with Gasteiger partial charge in [0.05, 0.1) is 6.04 Å². The van der Waals surface area contributed by atoms with Gasteiger partial charge in [-0.2, -0.15) is 12.6 Å². The number of aromatic nitrogens is 1. The van der Waals surface area contributed by atoms with Gasteiger partial charge < -0.3 is 32.2 Å². The summed E-state index contributed by atoms with van der Waals surface area (Å²) >= 11 is 4.02. The molecule has 3 atom stereocenters. The van der Waals surface area contributed by atoms with E-state index < -0.39 is 35.9 Å². The monoisotopic (exact) mass is 435 g/mol. The van der Waals surface area contributed by atoms with Gasteiger partial charge in [-0.05, 0) is 37.4 Å². The Balaban J connectivity index is 2.20. The molecular weight excluding hydrogens is 406 g/mol. The van der Waals surface area contributed by atoms with Crippen LogP contribution in [0.4, 0.5) is 0 Å². The van der Waals surface area contributed by atoms with E-state index in [0.29, 0.717) is 19.4 Å². The van der Waals surface area contributed by atoms with Gasteiger partial charge in [0.25, 0.3) is 0 Å². The van der Waals surface area contributed by atoms with Crippen molar-refractivity contribution < 1.29 is 19.5 Å². The highest BCUT2D eigenvalue weighted by Crippen LogP contribution is 2.19. The first-order chi connectivity index (χ1) is 14.4. The SMILES string of the molecule is NCCCC[C@H](NC(=O)[C@H](Cc1c[nH]c2ccccc12)NC(=O)[C@@H](N)CS)C(=O)O. The van der Waals surface area contributed by atoms with Gasteiger partial charge in [0.15, 0.2) is 0 Å². The quantitative estimate of drug-likeness (QED) is 0.185. The fourth-order valence-electron chi connectivity index (χ4n) is 3.11. The average molecular weight is 436 g/mol. The summed E-state index contributed by atoms with van der Waals surface area (Å²) in [5.41, 5.74) is 12.9. The van der Waals surface area contributed by atoms with Gasteiger partial charge in [0.2, 0.25) is 11.8 Å². The van der Waals surface area contributed by atoms with Gasteiger partial charge >= 0.3 is 5.97 Å². The Kier molecular flexibility index (Phi) is 9.15. The highest BCUT2D eigenvalue weighted by molar-refractivity contribution is 7.80. The number of fused-ring (bicyclic) bond motifs is 1. The maximum Gasteiger partial charge on any atom is 0.326 e. The molecular formula is C20H29N5O4S. The normalized spacial score (nSPS) is 14.1. The molecule has 10 heteroatoms. The maximum atomic E-state index is 12.9. The van der Waals surface area contributed by atoms with Crippen molar-refractivity contribution in [1.29, 1.82) is 0 Å². The molecule has 0 aliphatic rings. The number of carbonyl (C=O) groups excluding carboxylic acids is 2. The number of aromatic amines is 1. The molecule has 0 radical (unpaired) electrons. The van der Waals surface area contributed by atoms with Crippen molar-refractivity contribution in [1.82, 2.24) is 15.6 Å². The van der Waals surface area contributed by atoms with E-state index >= 15 is 0 Å². The second-order valence-electron chi connectivity index (χ2n) is 7.10. The lowest BCUT2D eigenvalue weighted by Crippen LogP contribution is -2.55. The first-order valence-electron chi connectivity index (χ1n) is 9.82. The molecule has 2 amide bonds. The van der Waals surface area contributed by atoms with E-state index in [9.17, 15) is 19.5 Å². The molecule has 0 saturated carbocycles. The maximum absolute atomic E-state index is 12.9. The van der Waals surface area contributed by atoms with Crippen molar-refractivity contribution in [3.05, 3.63) is 36.0 Å². The zero-order chi connectivity index (χ0) is 22.1. The Hall–Kier alpha value is -2.56. The van der Waals surface area contributed by atoms with Crippen molar-refractivity contribution >= 4 is 41.3 Å². The van der Waals surface area contributed by atoms with E-state index in [-0.39, 0.29) is 18.6 Å². The number of hydrogen-bond donors (Lipinski definition) is 7. The standard InChI is InChI=1S/C20H29N5O4S/c21-8-4-3-7-16(20(28)29)24-19(27)17(25-18(26)14(22)11-30)9-12-10-23-15-6-2-1-5-13(12)15/h1-2,5-6,10,14,16-17,23,30H,3-4,7-9,11,21-22H2,(H,24,27)(H,25,26)(H,28,29)/t14-,16-,17-/m0/s1.